The number of rotatable bonds is 4. The van der Waals surface area contributed by atoms with Crippen LogP contribution in [-0.2, 0) is 6.54 Å². The van der Waals surface area contributed by atoms with Gasteiger partial charge in [-0.3, -0.25) is 0 Å². The van der Waals surface area contributed by atoms with Crippen LogP contribution in [-0.4, -0.2) is 35.3 Å². The third-order valence-electron chi connectivity index (χ3n) is 2.53. The van der Waals surface area contributed by atoms with Crippen molar-refractivity contribution in [1.29, 1.82) is 0 Å². The van der Waals surface area contributed by atoms with Gasteiger partial charge in [-0.05, 0) is 13.3 Å². The van der Waals surface area contributed by atoms with Gasteiger partial charge in [-0.25, -0.2) is 4.98 Å². The molecule has 5 heteroatoms. The standard InChI is InChI=1S/C10H17N3OS/c1-7-6-15-10(13-7)5-11-3-8-2-9(14)4-12-8/h6,8-9,11-12,14H,2-5H2,1H3. The minimum Gasteiger partial charge on any atom is -0.392 e. The second kappa shape index (κ2) is 5.03. The minimum absolute atomic E-state index is 0.168. The van der Waals surface area contributed by atoms with Gasteiger partial charge in [0.05, 0.1) is 6.10 Å². The van der Waals surface area contributed by atoms with E-state index < -0.39 is 0 Å². The smallest absolute Gasteiger partial charge is 0.107 e. The summed E-state index contributed by atoms with van der Waals surface area (Å²) in [6, 6.07) is 0.404. The number of nitrogens with one attached hydrogen (secondary N) is 2. The Balaban J connectivity index is 1.67. The van der Waals surface area contributed by atoms with Crippen molar-refractivity contribution < 1.29 is 5.11 Å². The van der Waals surface area contributed by atoms with Crippen molar-refractivity contribution in [3.8, 4) is 0 Å². The van der Waals surface area contributed by atoms with Crippen LogP contribution in [0.1, 0.15) is 17.1 Å². The number of aromatic nitrogens is 1. The predicted octanol–water partition coefficient (Wildman–Crippen LogP) is 0.264. The average Bonchev–Trinajstić information content (AvgIpc) is 2.76. The van der Waals surface area contributed by atoms with E-state index in [1.165, 1.54) is 0 Å². The highest BCUT2D eigenvalue weighted by Crippen LogP contribution is 2.09. The van der Waals surface area contributed by atoms with E-state index in [1.807, 2.05) is 6.92 Å². The van der Waals surface area contributed by atoms with Gasteiger partial charge in [-0.2, -0.15) is 0 Å². The molecule has 1 aromatic rings. The maximum Gasteiger partial charge on any atom is 0.107 e. The highest BCUT2D eigenvalue weighted by atomic mass is 32.1. The van der Waals surface area contributed by atoms with Gasteiger partial charge >= 0.3 is 0 Å². The molecule has 3 N–H and O–H groups in total. The molecule has 1 aliphatic heterocycles. The molecule has 0 bridgehead atoms. The Morgan fingerprint density at radius 1 is 1.73 bits per heavy atom. The second-order valence-corrected chi connectivity index (χ2v) is 4.95. The lowest BCUT2D eigenvalue weighted by Crippen LogP contribution is -2.33. The van der Waals surface area contributed by atoms with E-state index in [0.717, 1.165) is 36.8 Å². The summed E-state index contributed by atoms with van der Waals surface area (Å²) in [6.45, 7) is 4.46. The van der Waals surface area contributed by atoms with Crippen LogP contribution < -0.4 is 10.6 Å². The van der Waals surface area contributed by atoms with Crippen LogP contribution in [0.3, 0.4) is 0 Å². The topological polar surface area (TPSA) is 57.2 Å². The molecule has 15 heavy (non-hydrogen) atoms. The van der Waals surface area contributed by atoms with E-state index in [9.17, 15) is 5.11 Å². The SMILES string of the molecule is Cc1csc(CNCC2CC(O)CN2)n1. The van der Waals surface area contributed by atoms with Crippen molar-refractivity contribution in [2.45, 2.75) is 32.0 Å². The van der Waals surface area contributed by atoms with Crippen LogP contribution in [0, 0.1) is 6.92 Å². The summed E-state index contributed by atoms with van der Waals surface area (Å²) in [5, 5.41) is 19.1. The summed E-state index contributed by atoms with van der Waals surface area (Å²) < 4.78 is 0. The molecule has 2 atom stereocenters. The number of hydrogen-bond donors (Lipinski definition) is 3. The molecule has 1 aliphatic rings. The Labute approximate surface area is 93.7 Å². The van der Waals surface area contributed by atoms with E-state index in [4.69, 9.17) is 0 Å². The predicted molar refractivity (Wildman–Crippen MR) is 61.0 cm³/mol. The van der Waals surface area contributed by atoms with Gasteiger partial charge in [-0.15, -0.1) is 11.3 Å². The molecule has 0 spiro atoms. The molecule has 84 valence electrons. The van der Waals surface area contributed by atoms with Crippen molar-refractivity contribution in [3.63, 3.8) is 0 Å². The first-order chi connectivity index (χ1) is 7.24. The molecule has 0 aromatic carbocycles. The van der Waals surface area contributed by atoms with Crippen LogP contribution >= 0.6 is 11.3 Å². The van der Waals surface area contributed by atoms with Gasteiger partial charge in [0.2, 0.25) is 0 Å². The Morgan fingerprint density at radius 3 is 3.20 bits per heavy atom. The number of aliphatic hydroxyl groups excluding tert-OH is 1. The zero-order valence-electron chi connectivity index (χ0n) is 8.86. The summed E-state index contributed by atoms with van der Waals surface area (Å²) in [5.74, 6) is 0. The third kappa shape index (κ3) is 3.24. The quantitative estimate of drug-likeness (QED) is 0.691. The van der Waals surface area contributed by atoms with Crippen molar-refractivity contribution >= 4 is 11.3 Å². The third-order valence-corrected chi connectivity index (χ3v) is 3.50. The van der Waals surface area contributed by atoms with Crippen LogP contribution in [0.2, 0.25) is 0 Å². The van der Waals surface area contributed by atoms with Crippen LogP contribution in [0.15, 0.2) is 5.38 Å². The lowest BCUT2D eigenvalue weighted by atomic mass is 10.2. The minimum atomic E-state index is -0.168. The molecule has 1 fully saturated rings. The van der Waals surface area contributed by atoms with Gasteiger partial charge in [0.25, 0.3) is 0 Å². The summed E-state index contributed by atoms with van der Waals surface area (Å²) in [6.07, 6.45) is 0.683. The zero-order valence-corrected chi connectivity index (χ0v) is 9.68. The normalized spacial score (nSPS) is 26.0. The number of aryl methyl sites for hydroxylation is 1. The van der Waals surface area contributed by atoms with Gasteiger partial charge in [0.15, 0.2) is 0 Å². The lowest BCUT2D eigenvalue weighted by molar-refractivity contribution is 0.193. The molecule has 0 radical (unpaired) electrons. The number of nitrogens with zero attached hydrogens (tertiary/aromatic N) is 1. The van der Waals surface area contributed by atoms with Gasteiger partial charge < -0.3 is 15.7 Å². The van der Waals surface area contributed by atoms with Crippen molar-refractivity contribution in [1.82, 2.24) is 15.6 Å². The van der Waals surface area contributed by atoms with Crippen LogP contribution in [0.25, 0.3) is 0 Å². The van der Waals surface area contributed by atoms with Crippen molar-refractivity contribution in [2.75, 3.05) is 13.1 Å². The Morgan fingerprint density at radius 2 is 2.60 bits per heavy atom. The van der Waals surface area contributed by atoms with Crippen molar-refractivity contribution in [3.05, 3.63) is 16.1 Å². The summed E-state index contributed by atoms with van der Waals surface area (Å²) in [4.78, 5) is 4.38. The van der Waals surface area contributed by atoms with Gasteiger partial charge in [-0.1, -0.05) is 0 Å². The van der Waals surface area contributed by atoms with E-state index in [1.54, 1.807) is 11.3 Å². The van der Waals surface area contributed by atoms with Crippen LogP contribution in [0.5, 0.6) is 0 Å². The largest absolute Gasteiger partial charge is 0.392 e. The number of β-amino-alcohol motifs (C(OH)–C–C–N with tert-alkyl or cyclic N) is 1. The number of aliphatic hydroxyl groups is 1. The number of hydrogen-bond acceptors (Lipinski definition) is 5. The molecule has 2 unspecified atom stereocenters. The first-order valence-electron chi connectivity index (χ1n) is 5.27. The fourth-order valence-electron chi connectivity index (χ4n) is 1.79. The van der Waals surface area contributed by atoms with Gasteiger partial charge in [0.1, 0.15) is 5.01 Å². The maximum atomic E-state index is 9.32. The second-order valence-electron chi connectivity index (χ2n) is 4.01. The Hall–Kier alpha value is -0.490. The number of thiazole rings is 1. The Kier molecular flexibility index (Phi) is 3.69. The molecule has 0 aliphatic carbocycles. The van der Waals surface area contributed by atoms with E-state index >= 15 is 0 Å². The summed E-state index contributed by atoms with van der Waals surface area (Å²) in [7, 11) is 0. The first-order valence-corrected chi connectivity index (χ1v) is 6.15. The molecular weight excluding hydrogens is 210 g/mol. The molecule has 4 nitrogen and oxygen atoms in total. The molecule has 0 amide bonds. The molecule has 2 rings (SSSR count). The van der Waals surface area contributed by atoms with Crippen LogP contribution in [0.4, 0.5) is 0 Å². The highest BCUT2D eigenvalue weighted by Gasteiger charge is 2.21. The van der Waals surface area contributed by atoms with Crippen molar-refractivity contribution in [2.24, 2.45) is 0 Å². The zero-order chi connectivity index (χ0) is 10.7. The maximum absolute atomic E-state index is 9.32. The lowest BCUT2D eigenvalue weighted by Gasteiger charge is -2.09. The fraction of sp³-hybridized carbons (Fsp3) is 0.700. The molecule has 1 aromatic heterocycles. The van der Waals surface area contributed by atoms with Gasteiger partial charge in [0, 0.05) is 36.8 Å². The Bertz CT molecular complexity index is 315. The highest BCUT2D eigenvalue weighted by molar-refractivity contribution is 7.09. The van der Waals surface area contributed by atoms with E-state index in [-0.39, 0.29) is 6.10 Å². The first kappa shape index (κ1) is 11.0. The van der Waals surface area contributed by atoms with E-state index in [0.29, 0.717) is 6.04 Å². The fourth-order valence-corrected chi connectivity index (χ4v) is 2.53. The molecule has 1 saturated heterocycles. The van der Waals surface area contributed by atoms with E-state index in [2.05, 4.69) is 21.0 Å². The average molecular weight is 227 g/mol. The summed E-state index contributed by atoms with van der Waals surface area (Å²) in [5.41, 5.74) is 1.09. The summed E-state index contributed by atoms with van der Waals surface area (Å²) >= 11 is 1.69. The molecule has 0 saturated carbocycles. The molecular formula is C10H17N3OS. The monoisotopic (exact) mass is 227 g/mol. The molecule has 2 heterocycles.